The number of nitrogens with zero attached hydrogens (tertiary/aromatic N) is 1. The lowest BCUT2D eigenvalue weighted by atomic mass is 9.88. The van der Waals surface area contributed by atoms with Crippen LogP contribution in [0.1, 0.15) is 38.7 Å². The van der Waals surface area contributed by atoms with Crippen LogP contribution in [0.4, 0.5) is 4.79 Å². The summed E-state index contributed by atoms with van der Waals surface area (Å²) < 4.78 is 5.40. The van der Waals surface area contributed by atoms with E-state index in [1.165, 1.54) is 0 Å². The van der Waals surface area contributed by atoms with E-state index in [9.17, 15) is 9.90 Å². The predicted molar refractivity (Wildman–Crippen MR) is 82.6 cm³/mol. The molecule has 1 saturated heterocycles. The molecule has 116 valence electrons. The summed E-state index contributed by atoms with van der Waals surface area (Å²) in [4.78, 5) is 13.8. The summed E-state index contributed by atoms with van der Waals surface area (Å²) in [6.45, 7) is 6.48. The summed E-state index contributed by atoms with van der Waals surface area (Å²) in [5.74, 6) is -0.134. The Morgan fingerprint density at radius 1 is 1.43 bits per heavy atom. The van der Waals surface area contributed by atoms with Crippen LogP contribution in [-0.2, 0) is 4.74 Å². The van der Waals surface area contributed by atoms with E-state index in [1.807, 2.05) is 39.0 Å². The molecular weight excluding hydrogens is 290 g/mol. The Labute approximate surface area is 130 Å². The average molecular weight is 312 g/mol. The van der Waals surface area contributed by atoms with Gasteiger partial charge in [-0.1, -0.05) is 23.7 Å². The number of ether oxygens (including phenoxy) is 1. The van der Waals surface area contributed by atoms with E-state index in [1.54, 1.807) is 11.0 Å². The van der Waals surface area contributed by atoms with E-state index >= 15 is 0 Å². The largest absolute Gasteiger partial charge is 0.444 e. The predicted octanol–water partition coefficient (Wildman–Crippen LogP) is 3.43. The van der Waals surface area contributed by atoms with Crippen molar-refractivity contribution in [1.29, 1.82) is 0 Å². The highest BCUT2D eigenvalue weighted by Gasteiger charge is 2.33. The number of amides is 1. The second kappa shape index (κ2) is 6.24. The third kappa shape index (κ3) is 4.35. The van der Waals surface area contributed by atoms with Crippen molar-refractivity contribution in [1.82, 2.24) is 4.90 Å². The molecule has 0 unspecified atom stereocenters. The fourth-order valence-electron chi connectivity index (χ4n) is 2.50. The highest BCUT2D eigenvalue weighted by molar-refractivity contribution is 6.30. The maximum atomic E-state index is 12.2. The molecule has 0 aliphatic carbocycles. The minimum Gasteiger partial charge on any atom is -0.444 e. The van der Waals surface area contributed by atoms with Gasteiger partial charge >= 0.3 is 6.09 Å². The molecule has 1 aromatic rings. The van der Waals surface area contributed by atoms with E-state index in [-0.39, 0.29) is 12.0 Å². The monoisotopic (exact) mass is 311 g/mol. The number of rotatable bonds is 1. The van der Waals surface area contributed by atoms with Crippen molar-refractivity contribution in [2.45, 2.75) is 44.8 Å². The second-order valence-corrected chi connectivity index (χ2v) is 6.88. The van der Waals surface area contributed by atoms with Crippen molar-refractivity contribution in [2.24, 2.45) is 0 Å². The smallest absolute Gasteiger partial charge is 0.410 e. The number of hydrogen-bond acceptors (Lipinski definition) is 3. The van der Waals surface area contributed by atoms with E-state index in [2.05, 4.69) is 0 Å². The quantitative estimate of drug-likeness (QED) is 0.864. The molecule has 2 atom stereocenters. The van der Waals surface area contributed by atoms with Gasteiger partial charge in [-0.05, 0) is 44.9 Å². The van der Waals surface area contributed by atoms with Gasteiger partial charge in [0.05, 0.1) is 6.10 Å². The van der Waals surface area contributed by atoms with Crippen LogP contribution in [0, 0.1) is 0 Å². The van der Waals surface area contributed by atoms with Crippen LogP contribution in [0.25, 0.3) is 0 Å². The average Bonchev–Trinajstić information content (AvgIpc) is 2.37. The molecule has 1 aromatic carbocycles. The van der Waals surface area contributed by atoms with Gasteiger partial charge in [-0.3, -0.25) is 0 Å². The molecule has 1 aliphatic heterocycles. The molecule has 1 N–H and O–H groups in total. The van der Waals surface area contributed by atoms with Crippen molar-refractivity contribution in [3.8, 4) is 0 Å². The van der Waals surface area contributed by atoms with Gasteiger partial charge in [0.15, 0.2) is 0 Å². The Bertz CT molecular complexity index is 512. The number of halogens is 1. The molecule has 0 radical (unpaired) electrons. The molecule has 0 spiro atoms. The van der Waals surface area contributed by atoms with Crippen molar-refractivity contribution in [3.63, 3.8) is 0 Å². The van der Waals surface area contributed by atoms with Gasteiger partial charge in [-0.25, -0.2) is 4.79 Å². The summed E-state index contributed by atoms with van der Waals surface area (Å²) in [7, 11) is 0. The summed E-state index contributed by atoms with van der Waals surface area (Å²) in [6, 6.07) is 7.43. The highest BCUT2D eigenvalue weighted by atomic mass is 35.5. The van der Waals surface area contributed by atoms with Gasteiger partial charge < -0.3 is 14.7 Å². The number of carbonyl (C=O) groups is 1. The van der Waals surface area contributed by atoms with Crippen LogP contribution < -0.4 is 0 Å². The molecule has 1 fully saturated rings. The molecule has 2 rings (SSSR count). The third-order valence-corrected chi connectivity index (χ3v) is 3.74. The number of aliphatic hydroxyl groups excluding tert-OH is 1. The van der Waals surface area contributed by atoms with Gasteiger partial charge in [0.1, 0.15) is 5.60 Å². The van der Waals surface area contributed by atoms with Gasteiger partial charge in [0.25, 0.3) is 0 Å². The first-order chi connectivity index (χ1) is 9.76. The third-order valence-electron chi connectivity index (χ3n) is 3.50. The van der Waals surface area contributed by atoms with Crippen LogP contribution in [0.3, 0.4) is 0 Å². The summed E-state index contributed by atoms with van der Waals surface area (Å²) in [6.07, 6.45) is -0.264. The summed E-state index contributed by atoms with van der Waals surface area (Å²) in [5.41, 5.74) is 0.432. The minimum atomic E-state index is -0.515. The second-order valence-electron chi connectivity index (χ2n) is 6.44. The molecule has 1 amide bonds. The molecule has 0 bridgehead atoms. The lowest BCUT2D eigenvalue weighted by Crippen LogP contribution is -2.46. The van der Waals surface area contributed by atoms with Crippen molar-refractivity contribution in [3.05, 3.63) is 34.9 Å². The van der Waals surface area contributed by atoms with Crippen molar-refractivity contribution < 1.29 is 14.6 Å². The maximum absolute atomic E-state index is 12.2. The highest BCUT2D eigenvalue weighted by Crippen LogP contribution is 2.29. The SMILES string of the molecule is CC(C)(C)OC(=O)N1CC[C@H](O)[C@H](c2cccc(Cl)c2)C1. The Balaban J connectivity index is 2.11. The lowest BCUT2D eigenvalue weighted by Gasteiger charge is -2.37. The van der Waals surface area contributed by atoms with E-state index in [4.69, 9.17) is 16.3 Å². The maximum Gasteiger partial charge on any atom is 0.410 e. The standard InChI is InChI=1S/C16H22ClNO3/c1-16(2,3)21-15(20)18-8-7-14(19)13(10-18)11-5-4-6-12(17)9-11/h4-6,9,13-14,19H,7-8,10H2,1-3H3/t13-,14-/m0/s1. The molecule has 1 aliphatic rings. The van der Waals surface area contributed by atoms with Gasteiger partial charge in [-0.15, -0.1) is 0 Å². The molecule has 1 heterocycles. The molecule has 21 heavy (non-hydrogen) atoms. The minimum absolute atomic E-state index is 0.134. The Kier molecular flexibility index (Phi) is 4.79. The van der Waals surface area contributed by atoms with E-state index in [0.717, 1.165) is 5.56 Å². The van der Waals surface area contributed by atoms with Crippen LogP contribution in [-0.4, -0.2) is 40.9 Å². The Morgan fingerprint density at radius 3 is 2.76 bits per heavy atom. The van der Waals surface area contributed by atoms with Gasteiger partial charge in [0, 0.05) is 24.0 Å². The summed E-state index contributed by atoms with van der Waals surface area (Å²) >= 11 is 6.01. The van der Waals surface area contributed by atoms with Gasteiger partial charge in [-0.2, -0.15) is 0 Å². The Hall–Kier alpha value is -1.26. The fourth-order valence-corrected chi connectivity index (χ4v) is 2.70. The van der Waals surface area contributed by atoms with Crippen LogP contribution in [0.15, 0.2) is 24.3 Å². The topological polar surface area (TPSA) is 49.8 Å². The van der Waals surface area contributed by atoms with Crippen LogP contribution in [0.2, 0.25) is 5.02 Å². The van der Waals surface area contributed by atoms with Crippen molar-refractivity contribution >= 4 is 17.7 Å². The fraction of sp³-hybridized carbons (Fsp3) is 0.562. The molecule has 0 saturated carbocycles. The zero-order valence-electron chi connectivity index (χ0n) is 12.7. The first-order valence-electron chi connectivity index (χ1n) is 7.18. The lowest BCUT2D eigenvalue weighted by molar-refractivity contribution is 0.00408. The Morgan fingerprint density at radius 2 is 2.14 bits per heavy atom. The van der Waals surface area contributed by atoms with Crippen LogP contribution in [0.5, 0.6) is 0 Å². The molecule has 0 aromatic heterocycles. The number of benzene rings is 1. The van der Waals surface area contributed by atoms with Gasteiger partial charge in [0.2, 0.25) is 0 Å². The van der Waals surface area contributed by atoms with Crippen molar-refractivity contribution in [2.75, 3.05) is 13.1 Å². The number of carbonyl (C=O) groups excluding carboxylic acids is 1. The zero-order chi connectivity index (χ0) is 15.6. The van der Waals surface area contributed by atoms with Crippen LogP contribution >= 0.6 is 11.6 Å². The molecule has 5 heteroatoms. The number of piperidine rings is 1. The van der Waals surface area contributed by atoms with E-state index < -0.39 is 11.7 Å². The first kappa shape index (κ1) is 16.1. The zero-order valence-corrected chi connectivity index (χ0v) is 13.4. The molecular formula is C16H22ClNO3. The normalized spacial score (nSPS) is 23.0. The number of aliphatic hydroxyl groups is 1. The van der Waals surface area contributed by atoms with E-state index in [0.29, 0.717) is 24.5 Å². The number of likely N-dealkylation sites (tertiary alicyclic amines) is 1. The number of hydrogen-bond donors (Lipinski definition) is 1. The molecule has 4 nitrogen and oxygen atoms in total. The first-order valence-corrected chi connectivity index (χ1v) is 7.55. The summed E-state index contributed by atoms with van der Waals surface area (Å²) in [5, 5.41) is 10.9.